The second-order valence-corrected chi connectivity index (χ2v) is 7.64. The Bertz CT molecular complexity index is 1070. The molecule has 1 aromatic carbocycles. The van der Waals surface area contributed by atoms with E-state index in [0.717, 1.165) is 17.2 Å². The first kappa shape index (κ1) is 22.9. The van der Waals surface area contributed by atoms with Crippen LogP contribution < -0.4 is 10.6 Å². The van der Waals surface area contributed by atoms with Crippen LogP contribution in [-0.2, 0) is 20.9 Å². The van der Waals surface area contributed by atoms with Crippen LogP contribution in [0.4, 0.5) is 14.6 Å². The average molecular weight is 444 g/mol. The Morgan fingerprint density at radius 2 is 1.97 bits per heavy atom. The number of anilines is 1. The molecule has 0 aliphatic carbocycles. The topological polar surface area (TPSA) is 117 Å². The highest BCUT2D eigenvalue weighted by molar-refractivity contribution is 6.07. The number of aromatic hydroxyl groups is 1. The predicted octanol–water partition coefficient (Wildman–Crippen LogP) is 1.88. The molecule has 0 bridgehead atoms. The molecule has 0 saturated carbocycles. The van der Waals surface area contributed by atoms with Crippen molar-refractivity contribution in [2.75, 3.05) is 11.4 Å². The molecule has 0 spiro atoms. The number of carbonyl (C=O) groups is 3. The number of benzene rings is 1. The number of nitrogens with two attached hydrogens (primary N) is 1. The van der Waals surface area contributed by atoms with Crippen molar-refractivity contribution in [2.24, 2.45) is 11.7 Å². The molecule has 1 aliphatic rings. The third-order valence-corrected chi connectivity index (χ3v) is 5.20. The molecule has 10 heteroatoms. The monoisotopic (exact) mass is 444 g/mol. The molecule has 3 rings (SSSR count). The van der Waals surface area contributed by atoms with E-state index in [1.165, 1.54) is 29.2 Å². The highest BCUT2D eigenvalue weighted by Gasteiger charge is 2.43. The summed E-state index contributed by atoms with van der Waals surface area (Å²) in [6.45, 7) is 4.93. The number of hydrogen-bond acceptors (Lipinski definition) is 5. The van der Waals surface area contributed by atoms with Gasteiger partial charge in [0.05, 0.1) is 6.20 Å². The fourth-order valence-corrected chi connectivity index (χ4v) is 3.49. The number of nitrogens with zero attached hydrogens (tertiary/aromatic N) is 3. The normalized spacial score (nSPS) is 17.4. The Kier molecular flexibility index (Phi) is 6.52. The minimum Gasteiger partial charge on any atom is -0.506 e. The minimum absolute atomic E-state index is 0.0261. The summed E-state index contributed by atoms with van der Waals surface area (Å²) in [5.41, 5.74) is 6.13. The maximum absolute atomic E-state index is 14.4. The summed E-state index contributed by atoms with van der Waals surface area (Å²) in [5, 5.41) is 9.41. The van der Waals surface area contributed by atoms with Crippen LogP contribution >= 0.6 is 0 Å². The third-order valence-electron chi connectivity index (χ3n) is 5.20. The lowest BCUT2D eigenvalue weighted by molar-refractivity contribution is -0.142. The van der Waals surface area contributed by atoms with Crippen molar-refractivity contribution in [3.63, 3.8) is 0 Å². The number of pyridine rings is 1. The van der Waals surface area contributed by atoms with Gasteiger partial charge in [0.25, 0.3) is 5.91 Å². The molecule has 1 aromatic heterocycles. The van der Waals surface area contributed by atoms with E-state index in [4.69, 9.17) is 5.73 Å². The standard InChI is InChI=1S/C22H22F2N4O4/c1-12(7-13(2)20(25)31)19-22(32)28(21-17(24)8-16(29)9-26-21)11-18(30)27(19)10-14-3-5-15(23)6-4-14/h3-6,8-9,13,19,29H,1,7,10-11H2,2H3,(H2,25,31). The number of amides is 3. The molecule has 1 saturated heterocycles. The molecule has 2 aromatic rings. The van der Waals surface area contributed by atoms with E-state index in [2.05, 4.69) is 11.6 Å². The quantitative estimate of drug-likeness (QED) is 0.633. The molecule has 32 heavy (non-hydrogen) atoms. The lowest BCUT2D eigenvalue weighted by atomic mass is 9.92. The Morgan fingerprint density at radius 3 is 2.56 bits per heavy atom. The first-order valence-electron chi connectivity index (χ1n) is 9.75. The van der Waals surface area contributed by atoms with E-state index in [1.807, 2.05) is 0 Å². The molecule has 0 radical (unpaired) electrons. The highest BCUT2D eigenvalue weighted by Crippen LogP contribution is 2.29. The van der Waals surface area contributed by atoms with Crippen LogP contribution in [0, 0.1) is 17.6 Å². The molecule has 2 atom stereocenters. The molecule has 1 fully saturated rings. The van der Waals surface area contributed by atoms with Crippen LogP contribution in [0.3, 0.4) is 0 Å². The zero-order valence-electron chi connectivity index (χ0n) is 17.3. The molecule has 168 valence electrons. The van der Waals surface area contributed by atoms with Crippen molar-refractivity contribution in [1.29, 1.82) is 0 Å². The maximum atomic E-state index is 14.4. The van der Waals surface area contributed by atoms with Crippen LogP contribution in [0.2, 0.25) is 0 Å². The summed E-state index contributed by atoms with van der Waals surface area (Å²) in [5.74, 6) is -4.74. The van der Waals surface area contributed by atoms with E-state index in [1.54, 1.807) is 6.92 Å². The van der Waals surface area contributed by atoms with Crippen LogP contribution in [0.15, 0.2) is 48.7 Å². The number of halogens is 2. The number of piperazine rings is 1. The summed E-state index contributed by atoms with van der Waals surface area (Å²) in [4.78, 5) is 43.8. The Balaban J connectivity index is 1.98. The number of primary amides is 1. The summed E-state index contributed by atoms with van der Waals surface area (Å²) in [6, 6.07) is 4.97. The molecule has 1 aliphatic heterocycles. The third kappa shape index (κ3) is 4.74. The van der Waals surface area contributed by atoms with Crippen LogP contribution in [0.25, 0.3) is 0 Å². The Hall–Kier alpha value is -3.82. The molecule has 3 N–H and O–H groups in total. The van der Waals surface area contributed by atoms with Gasteiger partial charge in [0.1, 0.15) is 24.2 Å². The van der Waals surface area contributed by atoms with Crippen molar-refractivity contribution in [3.05, 3.63) is 65.9 Å². The van der Waals surface area contributed by atoms with E-state index in [-0.39, 0.29) is 18.5 Å². The van der Waals surface area contributed by atoms with Gasteiger partial charge in [-0.15, -0.1) is 0 Å². The van der Waals surface area contributed by atoms with Crippen LogP contribution in [0.5, 0.6) is 5.75 Å². The minimum atomic E-state index is -1.22. The van der Waals surface area contributed by atoms with Crippen molar-refractivity contribution in [2.45, 2.75) is 25.9 Å². The Morgan fingerprint density at radius 1 is 1.31 bits per heavy atom. The van der Waals surface area contributed by atoms with Crippen molar-refractivity contribution in [1.82, 2.24) is 9.88 Å². The van der Waals surface area contributed by atoms with Crippen molar-refractivity contribution < 1.29 is 28.3 Å². The zero-order valence-corrected chi connectivity index (χ0v) is 17.3. The summed E-state index contributed by atoms with van der Waals surface area (Å²) in [6.07, 6.45) is 0.984. The summed E-state index contributed by atoms with van der Waals surface area (Å²) >= 11 is 0. The summed E-state index contributed by atoms with van der Waals surface area (Å²) < 4.78 is 27.7. The zero-order chi connectivity index (χ0) is 23.6. The lowest BCUT2D eigenvalue weighted by Gasteiger charge is -2.41. The SMILES string of the molecule is C=C(CC(C)C(N)=O)C1C(=O)N(c2ncc(O)cc2F)CC(=O)N1Cc1ccc(F)cc1. The van der Waals surface area contributed by atoms with E-state index in [9.17, 15) is 28.3 Å². The van der Waals surface area contributed by atoms with Gasteiger partial charge in [-0.3, -0.25) is 19.3 Å². The van der Waals surface area contributed by atoms with Gasteiger partial charge >= 0.3 is 0 Å². The maximum Gasteiger partial charge on any atom is 0.255 e. The smallest absolute Gasteiger partial charge is 0.255 e. The number of carbonyl (C=O) groups excluding carboxylic acids is 3. The van der Waals surface area contributed by atoms with Crippen LogP contribution in [-0.4, -0.2) is 45.3 Å². The van der Waals surface area contributed by atoms with Gasteiger partial charge in [-0.25, -0.2) is 13.8 Å². The largest absolute Gasteiger partial charge is 0.506 e. The van der Waals surface area contributed by atoms with Gasteiger partial charge in [-0.1, -0.05) is 25.6 Å². The van der Waals surface area contributed by atoms with Gasteiger partial charge in [0.2, 0.25) is 11.8 Å². The number of hydrogen-bond donors (Lipinski definition) is 2. The van der Waals surface area contributed by atoms with Crippen LogP contribution in [0.1, 0.15) is 18.9 Å². The second-order valence-electron chi connectivity index (χ2n) is 7.64. The van der Waals surface area contributed by atoms with Gasteiger partial charge in [-0.2, -0.15) is 0 Å². The van der Waals surface area contributed by atoms with Crippen molar-refractivity contribution >= 4 is 23.5 Å². The highest BCUT2D eigenvalue weighted by atomic mass is 19.1. The predicted molar refractivity (Wildman–Crippen MR) is 111 cm³/mol. The fraction of sp³-hybridized carbons (Fsp3) is 0.273. The Labute approximate surface area is 182 Å². The van der Waals surface area contributed by atoms with Gasteiger partial charge in [0, 0.05) is 18.5 Å². The summed E-state index contributed by atoms with van der Waals surface area (Å²) in [7, 11) is 0. The van der Waals surface area contributed by atoms with Gasteiger partial charge in [-0.05, 0) is 29.7 Å². The molecule has 2 unspecified atom stereocenters. The second kappa shape index (κ2) is 9.13. The molecule has 2 heterocycles. The average Bonchev–Trinajstić information content (AvgIpc) is 2.72. The van der Waals surface area contributed by atoms with E-state index < -0.39 is 59.4 Å². The lowest BCUT2D eigenvalue weighted by Crippen LogP contribution is -2.60. The van der Waals surface area contributed by atoms with E-state index in [0.29, 0.717) is 5.56 Å². The van der Waals surface area contributed by atoms with E-state index >= 15 is 0 Å². The molecule has 3 amide bonds. The fourth-order valence-electron chi connectivity index (χ4n) is 3.49. The van der Waals surface area contributed by atoms with Crippen molar-refractivity contribution in [3.8, 4) is 5.75 Å². The molecular formula is C22H22F2N4O4. The number of aromatic nitrogens is 1. The molecule has 8 nitrogen and oxygen atoms in total. The first-order chi connectivity index (χ1) is 15.1. The first-order valence-corrected chi connectivity index (χ1v) is 9.75. The molecular weight excluding hydrogens is 422 g/mol. The van der Waals surface area contributed by atoms with Gasteiger partial charge in [0.15, 0.2) is 11.6 Å². The van der Waals surface area contributed by atoms with Gasteiger partial charge < -0.3 is 15.7 Å². The number of rotatable bonds is 7.